The first-order valence-corrected chi connectivity index (χ1v) is 13.4. The highest BCUT2D eigenvalue weighted by atomic mass is 79.9. The minimum Gasteiger partial charge on any atom is -0.465 e. The van der Waals surface area contributed by atoms with Crippen LogP contribution in [0.2, 0.25) is 0 Å². The number of carbonyl (C=O) groups is 2. The van der Waals surface area contributed by atoms with E-state index in [1.54, 1.807) is 17.9 Å². The van der Waals surface area contributed by atoms with Gasteiger partial charge < -0.3 is 14.6 Å². The normalized spacial score (nSPS) is 17.2. The molecule has 0 unspecified atom stereocenters. The van der Waals surface area contributed by atoms with Crippen LogP contribution in [0.3, 0.4) is 0 Å². The second-order valence-electron chi connectivity index (χ2n) is 8.47. The van der Waals surface area contributed by atoms with E-state index in [1.807, 2.05) is 25.1 Å². The van der Waals surface area contributed by atoms with Crippen molar-refractivity contribution in [3.05, 3.63) is 45.8 Å². The lowest BCUT2D eigenvalue weighted by Crippen LogP contribution is -2.43. The van der Waals surface area contributed by atoms with Gasteiger partial charge in [-0.3, -0.25) is 9.59 Å². The number of aryl methyl sites for hydroxylation is 1. The fourth-order valence-corrected chi connectivity index (χ4v) is 6.89. The number of hydrogen-bond donors (Lipinski definition) is 1. The summed E-state index contributed by atoms with van der Waals surface area (Å²) in [7, 11) is -3.82. The molecular formula is C23H28BrN3O5S. The van der Waals surface area contributed by atoms with E-state index in [0.29, 0.717) is 54.7 Å². The molecule has 0 aliphatic carbocycles. The van der Waals surface area contributed by atoms with Crippen LogP contribution >= 0.6 is 15.9 Å². The minimum absolute atomic E-state index is 0.0883. The van der Waals surface area contributed by atoms with E-state index in [0.717, 1.165) is 11.3 Å². The first kappa shape index (κ1) is 24.0. The molecule has 2 aromatic rings. The van der Waals surface area contributed by atoms with Crippen LogP contribution in [0.25, 0.3) is 0 Å². The number of sulfonamides is 1. The Hall–Kier alpha value is -2.17. The van der Waals surface area contributed by atoms with Crippen LogP contribution < -0.4 is 10.2 Å². The number of anilines is 1. The van der Waals surface area contributed by atoms with E-state index in [2.05, 4.69) is 21.2 Å². The van der Waals surface area contributed by atoms with E-state index in [1.165, 1.54) is 4.31 Å². The summed E-state index contributed by atoms with van der Waals surface area (Å²) in [6.45, 7) is 4.93. The highest BCUT2D eigenvalue weighted by Gasteiger charge is 2.37. The first-order chi connectivity index (χ1) is 15.7. The van der Waals surface area contributed by atoms with Gasteiger partial charge in [0.2, 0.25) is 21.8 Å². The molecule has 3 heterocycles. The van der Waals surface area contributed by atoms with Gasteiger partial charge in [-0.05, 0) is 56.0 Å². The summed E-state index contributed by atoms with van der Waals surface area (Å²) in [6.07, 6.45) is 1.82. The number of amides is 2. The molecule has 1 fully saturated rings. The number of nitrogens with zero attached hydrogens (tertiary/aromatic N) is 2. The predicted molar refractivity (Wildman–Crippen MR) is 127 cm³/mol. The van der Waals surface area contributed by atoms with Gasteiger partial charge >= 0.3 is 0 Å². The number of fused-ring (bicyclic) bond motifs is 1. The fourth-order valence-electron chi connectivity index (χ4n) is 4.50. The maximum atomic E-state index is 13.6. The summed E-state index contributed by atoms with van der Waals surface area (Å²) < 4.78 is 34.8. The molecule has 1 saturated heterocycles. The molecule has 1 aromatic carbocycles. The Balaban J connectivity index is 1.47. The molecule has 1 N–H and O–H groups in total. The molecule has 0 saturated carbocycles. The van der Waals surface area contributed by atoms with Gasteiger partial charge in [0.15, 0.2) is 0 Å². The molecule has 4 rings (SSSR count). The van der Waals surface area contributed by atoms with E-state index >= 15 is 0 Å². The lowest BCUT2D eigenvalue weighted by Gasteiger charge is -2.31. The van der Waals surface area contributed by atoms with Crippen LogP contribution in [-0.2, 0) is 32.6 Å². The van der Waals surface area contributed by atoms with Crippen molar-refractivity contribution in [3.63, 3.8) is 0 Å². The van der Waals surface area contributed by atoms with E-state index in [9.17, 15) is 18.0 Å². The lowest BCUT2D eigenvalue weighted by molar-refractivity contribution is -0.126. The molecular weight excluding hydrogens is 510 g/mol. The number of rotatable bonds is 6. The molecule has 0 radical (unpaired) electrons. The molecule has 1 aromatic heterocycles. The van der Waals surface area contributed by atoms with E-state index in [4.69, 9.17) is 4.42 Å². The number of benzene rings is 1. The maximum Gasteiger partial charge on any atom is 0.245 e. The van der Waals surface area contributed by atoms with Crippen LogP contribution in [0.5, 0.6) is 0 Å². The largest absolute Gasteiger partial charge is 0.465 e. The summed E-state index contributed by atoms with van der Waals surface area (Å²) in [5.74, 6) is 1.05. The smallest absolute Gasteiger partial charge is 0.245 e. The van der Waals surface area contributed by atoms with Crippen LogP contribution in [0.15, 0.2) is 38.1 Å². The Morgan fingerprint density at radius 2 is 1.91 bits per heavy atom. The molecule has 0 atom stereocenters. The van der Waals surface area contributed by atoms with Gasteiger partial charge in [0.25, 0.3) is 0 Å². The molecule has 0 bridgehead atoms. The van der Waals surface area contributed by atoms with Crippen molar-refractivity contribution in [3.8, 4) is 0 Å². The number of hydrogen-bond acceptors (Lipinski definition) is 5. The highest BCUT2D eigenvalue weighted by Crippen LogP contribution is 2.39. The summed E-state index contributed by atoms with van der Waals surface area (Å²) in [4.78, 5) is 26.8. The maximum absolute atomic E-state index is 13.6. The van der Waals surface area contributed by atoms with Gasteiger partial charge in [-0.1, -0.05) is 22.9 Å². The summed E-state index contributed by atoms with van der Waals surface area (Å²) >= 11 is 3.43. The van der Waals surface area contributed by atoms with E-state index in [-0.39, 0.29) is 35.7 Å². The van der Waals surface area contributed by atoms with Crippen molar-refractivity contribution in [1.82, 2.24) is 9.62 Å². The molecule has 178 valence electrons. The topological polar surface area (TPSA) is 99.9 Å². The van der Waals surface area contributed by atoms with Crippen molar-refractivity contribution in [1.29, 1.82) is 0 Å². The number of piperidine rings is 1. The monoisotopic (exact) mass is 537 g/mol. The van der Waals surface area contributed by atoms with Crippen LogP contribution in [0.1, 0.15) is 43.3 Å². The van der Waals surface area contributed by atoms with E-state index < -0.39 is 10.0 Å². The summed E-state index contributed by atoms with van der Waals surface area (Å²) in [5, 5.41) is 2.88. The zero-order chi connectivity index (χ0) is 23.8. The Bertz CT molecular complexity index is 1170. The number of nitrogens with one attached hydrogen (secondary N) is 1. The van der Waals surface area contributed by atoms with Gasteiger partial charge in [-0.2, -0.15) is 4.31 Å². The molecule has 10 heteroatoms. The Labute approximate surface area is 202 Å². The van der Waals surface area contributed by atoms with Gasteiger partial charge in [-0.15, -0.1) is 0 Å². The average molecular weight is 538 g/mol. The third-order valence-corrected chi connectivity index (χ3v) is 8.64. The minimum atomic E-state index is -3.82. The summed E-state index contributed by atoms with van der Waals surface area (Å²) in [6, 6.07) is 7.14. The van der Waals surface area contributed by atoms with Crippen LogP contribution in [0, 0.1) is 12.8 Å². The van der Waals surface area contributed by atoms with Gasteiger partial charge in [0.05, 0.1) is 12.2 Å². The standard InChI is InChI=1S/C23H28BrN3O5S/c1-3-21(28)27-11-8-17-12-18(24)13-20(22(17)27)33(30,31)26-9-6-16(7-10-26)23(29)25-14-19-5-4-15(2)32-19/h4-5,12-13,16H,3,6-11,14H2,1-2H3,(H,25,29). The fraction of sp³-hybridized carbons (Fsp3) is 0.478. The second-order valence-corrected chi connectivity index (χ2v) is 11.3. The Kier molecular flexibility index (Phi) is 6.97. The van der Waals surface area contributed by atoms with Gasteiger partial charge in [-0.25, -0.2) is 8.42 Å². The number of carbonyl (C=O) groups excluding carboxylic acids is 2. The molecule has 0 spiro atoms. The van der Waals surface area contributed by atoms with Gasteiger partial charge in [0, 0.05) is 36.4 Å². The average Bonchev–Trinajstić information content (AvgIpc) is 3.42. The van der Waals surface area contributed by atoms with Crippen molar-refractivity contribution in [2.45, 2.75) is 51.0 Å². The molecule has 2 aliphatic heterocycles. The van der Waals surface area contributed by atoms with Crippen molar-refractivity contribution < 1.29 is 22.4 Å². The Morgan fingerprint density at radius 1 is 1.18 bits per heavy atom. The Morgan fingerprint density at radius 3 is 2.55 bits per heavy atom. The molecule has 8 nitrogen and oxygen atoms in total. The first-order valence-electron chi connectivity index (χ1n) is 11.2. The van der Waals surface area contributed by atoms with Crippen molar-refractivity contribution in [2.75, 3.05) is 24.5 Å². The SMILES string of the molecule is CCC(=O)N1CCc2cc(Br)cc(S(=O)(=O)N3CCC(C(=O)NCc4ccc(C)o4)CC3)c21. The molecule has 33 heavy (non-hydrogen) atoms. The van der Waals surface area contributed by atoms with Crippen LogP contribution in [-0.4, -0.2) is 44.2 Å². The van der Waals surface area contributed by atoms with Crippen molar-refractivity contribution >= 4 is 43.5 Å². The molecule has 2 aliphatic rings. The molecule has 2 amide bonds. The number of halogens is 1. The van der Waals surface area contributed by atoms with Crippen molar-refractivity contribution in [2.24, 2.45) is 5.92 Å². The quantitative estimate of drug-likeness (QED) is 0.608. The highest BCUT2D eigenvalue weighted by molar-refractivity contribution is 9.10. The third kappa shape index (κ3) is 4.88. The van der Waals surface area contributed by atoms with Gasteiger partial charge in [0.1, 0.15) is 16.4 Å². The zero-order valence-electron chi connectivity index (χ0n) is 18.8. The predicted octanol–water partition coefficient (Wildman–Crippen LogP) is 3.37. The third-order valence-electron chi connectivity index (χ3n) is 6.27. The number of furan rings is 1. The summed E-state index contributed by atoms with van der Waals surface area (Å²) in [5.41, 5.74) is 1.35. The van der Waals surface area contributed by atoms with Crippen LogP contribution in [0.4, 0.5) is 5.69 Å². The zero-order valence-corrected chi connectivity index (χ0v) is 21.2. The second kappa shape index (κ2) is 9.60. The lowest BCUT2D eigenvalue weighted by atomic mass is 9.97.